The summed E-state index contributed by atoms with van der Waals surface area (Å²) >= 11 is 5.78. The van der Waals surface area contributed by atoms with E-state index in [2.05, 4.69) is 10.6 Å². The van der Waals surface area contributed by atoms with Crippen molar-refractivity contribution in [2.24, 2.45) is 0 Å². The van der Waals surface area contributed by atoms with Crippen LogP contribution in [0.2, 0.25) is 5.02 Å². The Balaban J connectivity index is 1.43. The van der Waals surface area contributed by atoms with Crippen LogP contribution in [-0.4, -0.2) is 42.4 Å². The lowest BCUT2D eigenvalue weighted by Crippen LogP contribution is -2.46. The molecule has 1 aliphatic rings. The van der Waals surface area contributed by atoms with E-state index in [4.69, 9.17) is 20.8 Å². The molecule has 172 valence electrons. The number of hydrogen-bond acceptors (Lipinski definition) is 6. The molecule has 1 unspecified atom stereocenters. The van der Waals surface area contributed by atoms with E-state index in [0.29, 0.717) is 22.2 Å². The van der Waals surface area contributed by atoms with Crippen molar-refractivity contribution >= 4 is 46.2 Å². The van der Waals surface area contributed by atoms with Crippen LogP contribution in [0.4, 0.5) is 14.9 Å². The summed E-state index contributed by atoms with van der Waals surface area (Å²) in [5.74, 6) is -4.01. The van der Waals surface area contributed by atoms with Gasteiger partial charge in [-0.25, -0.2) is 9.18 Å². The fourth-order valence-corrected chi connectivity index (χ4v) is 3.78. The molecule has 11 heteroatoms. The summed E-state index contributed by atoms with van der Waals surface area (Å²) in [5.41, 5.74) is 1.27. The van der Waals surface area contributed by atoms with Crippen molar-refractivity contribution in [3.8, 4) is 0 Å². The van der Waals surface area contributed by atoms with Crippen LogP contribution < -0.4 is 15.5 Å². The molecule has 1 aliphatic heterocycles. The van der Waals surface area contributed by atoms with Crippen molar-refractivity contribution in [1.29, 1.82) is 0 Å². The van der Waals surface area contributed by atoms with E-state index in [1.807, 2.05) is 0 Å². The summed E-state index contributed by atoms with van der Waals surface area (Å²) in [5, 5.41) is 16.2. The second-order valence-corrected chi connectivity index (χ2v) is 7.86. The van der Waals surface area contributed by atoms with Crippen molar-refractivity contribution in [1.82, 2.24) is 10.6 Å². The number of furan rings is 1. The van der Waals surface area contributed by atoms with Crippen LogP contribution >= 0.6 is 11.6 Å². The van der Waals surface area contributed by atoms with Crippen molar-refractivity contribution < 1.29 is 33.0 Å². The quantitative estimate of drug-likeness (QED) is 0.488. The molecular weight excluding hydrogens is 457 g/mol. The zero-order chi connectivity index (χ0) is 23.8. The Kier molecular flexibility index (Phi) is 5.96. The molecule has 1 saturated heterocycles. The number of nitrogens with one attached hydrogen (secondary N) is 2. The lowest BCUT2D eigenvalue weighted by molar-refractivity contribution is -0.175. The molecule has 2 aromatic carbocycles. The van der Waals surface area contributed by atoms with E-state index in [-0.39, 0.29) is 36.2 Å². The van der Waals surface area contributed by atoms with Crippen molar-refractivity contribution in [3.63, 3.8) is 0 Å². The smallest absolute Gasteiger partial charge is 0.410 e. The van der Waals surface area contributed by atoms with Crippen LogP contribution in [0.15, 0.2) is 46.9 Å². The van der Waals surface area contributed by atoms with E-state index in [1.165, 1.54) is 30.1 Å². The van der Waals surface area contributed by atoms with E-state index in [9.17, 15) is 23.9 Å². The number of hydrogen-bond donors (Lipinski definition) is 3. The Hall–Kier alpha value is -3.63. The Labute approximate surface area is 192 Å². The van der Waals surface area contributed by atoms with Crippen LogP contribution in [0, 0.1) is 5.82 Å². The summed E-state index contributed by atoms with van der Waals surface area (Å²) < 4.78 is 23.9. The highest BCUT2D eigenvalue weighted by Crippen LogP contribution is 2.32. The molecular formula is C22H19ClFN3O6. The first kappa shape index (κ1) is 22.6. The number of fused-ring (bicyclic) bond motifs is 1. The number of rotatable bonds is 5. The molecule has 3 amide bonds. The number of benzene rings is 2. The molecule has 0 radical (unpaired) electrons. The van der Waals surface area contributed by atoms with Crippen LogP contribution in [-0.2, 0) is 16.1 Å². The van der Waals surface area contributed by atoms with Gasteiger partial charge in [0.25, 0.3) is 17.6 Å². The van der Waals surface area contributed by atoms with Crippen LogP contribution in [0.1, 0.15) is 22.5 Å². The van der Waals surface area contributed by atoms with Gasteiger partial charge in [-0.2, -0.15) is 0 Å². The summed E-state index contributed by atoms with van der Waals surface area (Å²) in [4.78, 5) is 38.0. The molecule has 33 heavy (non-hydrogen) atoms. The van der Waals surface area contributed by atoms with E-state index in [1.54, 1.807) is 18.2 Å². The third kappa shape index (κ3) is 4.62. The maximum absolute atomic E-state index is 13.4. The summed E-state index contributed by atoms with van der Waals surface area (Å²) in [7, 11) is 1.48. The summed E-state index contributed by atoms with van der Waals surface area (Å²) in [6, 6.07) is 10.1. The molecule has 1 atom stereocenters. The molecule has 0 aliphatic carbocycles. The van der Waals surface area contributed by atoms with Crippen LogP contribution in [0.25, 0.3) is 11.0 Å². The van der Waals surface area contributed by atoms with E-state index in [0.717, 1.165) is 6.07 Å². The number of amides is 3. The fraction of sp³-hybridized carbons (Fsp3) is 0.227. The minimum atomic E-state index is -2.36. The predicted octanol–water partition coefficient (Wildman–Crippen LogP) is 2.94. The van der Waals surface area contributed by atoms with Crippen LogP contribution in [0.3, 0.4) is 0 Å². The predicted molar refractivity (Wildman–Crippen MR) is 116 cm³/mol. The molecule has 4 rings (SSSR count). The fourth-order valence-electron chi connectivity index (χ4n) is 3.53. The number of alkyl carbamates (subject to hydrolysis) is 1. The average Bonchev–Trinajstić information content (AvgIpc) is 3.32. The maximum atomic E-state index is 13.4. The minimum absolute atomic E-state index is 0.0911. The number of carbonyl (C=O) groups is 3. The summed E-state index contributed by atoms with van der Waals surface area (Å²) in [6.07, 6.45) is -1.20. The molecule has 1 fully saturated rings. The molecule has 0 spiro atoms. The molecule has 3 N–H and O–H groups in total. The number of ether oxygens (including phenoxy) is 1. The van der Waals surface area contributed by atoms with Gasteiger partial charge in [-0.15, -0.1) is 0 Å². The SMILES string of the molecule is CNC(=O)c1cc2cc(N3CCC(O)(OC(=O)NCc4cc(F)cc(Cl)c4)C3=O)ccc2o1. The molecule has 1 aromatic heterocycles. The summed E-state index contributed by atoms with van der Waals surface area (Å²) in [6.45, 7) is -0.0249. The molecule has 9 nitrogen and oxygen atoms in total. The van der Waals surface area contributed by atoms with Gasteiger partial charge in [0.05, 0.1) is 0 Å². The highest BCUT2D eigenvalue weighted by molar-refractivity contribution is 6.30. The second-order valence-electron chi connectivity index (χ2n) is 7.42. The van der Waals surface area contributed by atoms with Crippen molar-refractivity contribution in [3.05, 3.63) is 64.6 Å². The van der Waals surface area contributed by atoms with E-state index < -0.39 is 23.6 Å². The minimum Gasteiger partial charge on any atom is -0.451 e. The molecule has 0 bridgehead atoms. The molecule has 0 saturated carbocycles. The first-order chi connectivity index (χ1) is 15.7. The highest BCUT2D eigenvalue weighted by Gasteiger charge is 2.49. The number of nitrogens with zero attached hydrogens (tertiary/aromatic N) is 1. The standard InChI is InChI=1S/C22H19ClFN3O6/c1-25-19(28)18-9-13-8-16(2-3-17(13)32-18)27-5-4-22(31,20(27)29)33-21(30)26-11-12-6-14(23)10-15(24)7-12/h2-3,6-10,31H,4-5,11H2,1H3,(H,25,28)(H,26,30). The van der Waals surface area contributed by atoms with Crippen LogP contribution in [0.5, 0.6) is 0 Å². The first-order valence-electron chi connectivity index (χ1n) is 9.90. The third-order valence-corrected chi connectivity index (χ3v) is 5.35. The lowest BCUT2D eigenvalue weighted by atomic mass is 10.2. The normalized spacial score (nSPS) is 17.9. The molecule has 3 aromatic rings. The largest absolute Gasteiger partial charge is 0.451 e. The van der Waals surface area contributed by atoms with Gasteiger partial charge in [-0.1, -0.05) is 11.6 Å². The molecule has 2 heterocycles. The average molecular weight is 476 g/mol. The lowest BCUT2D eigenvalue weighted by Gasteiger charge is -2.22. The van der Waals surface area contributed by atoms with Gasteiger partial charge in [-0.3, -0.25) is 9.59 Å². The van der Waals surface area contributed by atoms with Gasteiger partial charge in [-0.05, 0) is 48.0 Å². The highest BCUT2D eigenvalue weighted by atomic mass is 35.5. The van der Waals surface area contributed by atoms with E-state index >= 15 is 0 Å². The van der Waals surface area contributed by atoms with Gasteiger partial charge in [0, 0.05) is 42.7 Å². The second kappa shape index (κ2) is 8.72. The Morgan fingerprint density at radius 1 is 1.27 bits per heavy atom. The van der Waals surface area contributed by atoms with Crippen molar-refractivity contribution in [2.75, 3.05) is 18.5 Å². The number of carbonyl (C=O) groups excluding carboxylic acids is 3. The third-order valence-electron chi connectivity index (χ3n) is 5.14. The van der Waals surface area contributed by atoms with Gasteiger partial charge in [0.15, 0.2) is 5.76 Å². The number of aliphatic hydroxyl groups is 1. The van der Waals surface area contributed by atoms with Crippen molar-refractivity contribution in [2.45, 2.75) is 18.8 Å². The zero-order valence-electron chi connectivity index (χ0n) is 17.4. The Morgan fingerprint density at radius 3 is 2.79 bits per heavy atom. The van der Waals surface area contributed by atoms with Gasteiger partial charge >= 0.3 is 6.09 Å². The zero-order valence-corrected chi connectivity index (χ0v) is 18.1. The van der Waals surface area contributed by atoms with Gasteiger partial charge in [0.1, 0.15) is 11.4 Å². The topological polar surface area (TPSA) is 121 Å². The van der Waals surface area contributed by atoms with Gasteiger partial charge in [0.2, 0.25) is 0 Å². The maximum Gasteiger partial charge on any atom is 0.410 e. The van der Waals surface area contributed by atoms with Gasteiger partial charge < -0.3 is 29.8 Å². The number of halogens is 2. The Morgan fingerprint density at radius 2 is 2.06 bits per heavy atom. The monoisotopic (exact) mass is 475 g/mol. The Bertz CT molecular complexity index is 1240. The first-order valence-corrected chi connectivity index (χ1v) is 10.3. The number of anilines is 1.